The van der Waals surface area contributed by atoms with Crippen molar-refractivity contribution < 1.29 is 8.42 Å². The van der Waals surface area contributed by atoms with Gasteiger partial charge in [-0.1, -0.05) is 22.0 Å². The van der Waals surface area contributed by atoms with E-state index < -0.39 is 10.0 Å². The van der Waals surface area contributed by atoms with Gasteiger partial charge in [-0.3, -0.25) is 0 Å². The average molecular weight is 397 g/mol. The summed E-state index contributed by atoms with van der Waals surface area (Å²) in [7, 11) is -3.58. The molecule has 0 amide bonds. The molecule has 0 aromatic heterocycles. The predicted molar refractivity (Wildman–Crippen MR) is 91.2 cm³/mol. The van der Waals surface area contributed by atoms with E-state index in [1.54, 1.807) is 23.9 Å². The van der Waals surface area contributed by atoms with Crippen LogP contribution >= 0.6 is 27.7 Å². The average Bonchev–Trinajstić information content (AvgIpc) is 2.53. The Labute approximate surface area is 142 Å². The molecule has 0 saturated carbocycles. The summed E-state index contributed by atoms with van der Waals surface area (Å²) >= 11 is 4.94. The first-order valence-electron chi connectivity index (χ1n) is 6.39. The molecule has 0 aliphatic carbocycles. The van der Waals surface area contributed by atoms with E-state index in [-0.39, 0.29) is 4.90 Å². The summed E-state index contributed by atoms with van der Waals surface area (Å²) in [5.74, 6) is 0.624. The van der Waals surface area contributed by atoms with Crippen molar-refractivity contribution in [2.75, 3.05) is 12.3 Å². The van der Waals surface area contributed by atoms with Crippen LogP contribution in [-0.2, 0) is 10.0 Å². The molecule has 1 N–H and O–H groups in total. The maximum absolute atomic E-state index is 12.1. The van der Waals surface area contributed by atoms with Crippen molar-refractivity contribution in [3.63, 3.8) is 0 Å². The van der Waals surface area contributed by atoms with Gasteiger partial charge in [-0.15, -0.1) is 11.8 Å². The number of nitriles is 1. The third-order valence-corrected chi connectivity index (χ3v) is 5.75. The Morgan fingerprint density at radius 2 is 1.91 bits per heavy atom. The van der Waals surface area contributed by atoms with Crippen LogP contribution in [0.15, 0.2) is 62.8 Å². The van der Waals surface area contributed by atoms with Gasteiger partial charge < -0.3 is 0 Å². The van der Waals surface area contributed by atoms with Crippen LogP contribution in [0.25, 0.3) is 0 Å². The summed E-state index contributed by atoms with van der Waals surface area (Å²) in [6, 6.07) is 15.7. The van der Waals surface area contributed by atoms with Gasteiger partial charge in [-0.2, -0.15) is 5.26 Å². The van der Waals surface area contributed by atoms with Gasteiger partial charge in [-0.05, 0) is 42.5 Å². The highest BCUT2D eigenvalue weighted by molar-refractivity contribution is 9.10. The highest BCUT2D eigenvalue weighted by Gasteiger charge is 2.13. The Hall–Kier alpha value is -1.33. The van der Waals surface area contributed by atoms with Crippen LogP contribution in [0.4, 0.5) is 0 Å². The lowest BCUT2D eigenvalue weighted by Crippen LogP contribution is -2.26. The number of sulfonamides is 1. The number of hydrogen-bond donors (Lipinski definition) is 1. The van der Waals surface area contributed by atoms with E-state index in [2.05, 4.69) is 20.7 Å². The maximum Gasteiger partial charge on any atom is 0.240 e. The second-order valence-electron chi connectivity index (χ2n) is 4.34. The van der Waals surface area contributed by atoms with E-state index in [9.17, 15) is 8.42 Å². The van der Waals surface area contributed by atoms with Gasteiger partial charge in [0.1, 0.15) is 0 Å². The molecule has 2 rings (SSSR count). The summed E-state index contributed by atoms with van der Waals surface area (Å²) < 4.78 is 27.8. The van der Waals surface area contributed by atoms with E-state index in [4.69, 9.17) is 5.26 Å². The van der Waals surface area contributed by atoms with Gasteiger partial charge in [0, 0.05) is 21.7 Å². The number of nitrogens with zero attached hydrogens (tertiary/aromatic N) is 1. The fraction of sp³-hybridized carbons (Fsp3) is 0.133. The van der Waals surface area contributed by atoms with Crippen molar-refractivity contribution in [3.05, 3.63) is 58.6 Å². The molecular formula is C15H13BrN2O2S2. The molecule has 7 heteroatoms. The monoisotopic (exact) mass is 396 g/mol. The lowest BCUT2D eigenvalue weighted by Gasteiger charge is -2.07. The molecule has 114 valence electrons. The Balaban J connectivity index is 1.90. The van der Waals surface area contributed by atoms with Crippen LogP contribution in [-0.4, -0.2) is 20.7 Å². The Kier molecular flexibility index (Phi) is 6.03. The first-order valence-corrected chi connectivity index (χ1v) is 9.66. The smallest absolute Gasteiger partial charge is 0.210 e. The van der Waals surface area contributed by atoms with Gasteiger partial charge in [0.2, 0.25) is 10.0 Å². The minimum absolute atomic E-state index is 0.111. The van der Waals surface area contributed by atoms with Gasteiger partial charge in [0.25, 0.3) is 0 Å². The molecule has 4 nitrogen and oxygen atoms in total. The van der Waals surface area contributed by atoms with Crippen molar-refractivity contribution in [3.8, 4) is 6.07 Å². The first-order chi connectivity index (χ1) is 10.5. The first kappa shape index (κ1) is 17.0. The molecule has 0 saturated heterocycles. The maximum atomic E-state index is 12.1. The second-order valence-corrected chi connectivity index (χ2v) is 8.19. The highest BCUT2D eigenvalue weighted by Crippen LogP contribution is 2.20. The summed E-state index contributed by atoms with van der Waals surface area (Å²) in [6.45, 7) is 0.319. The number of rotatable bonds is 6. The number of benzene rings is 2. The SMILES string of the molecule is N#Cc1cccc(S(=O)(=O)NCCSc2ccc(Br)cc2)c1. The zero-order valence-corrected chi connectivity index (χ0v) is 14.7. The Morgan fingerprint density at radius 1 is 1.18 bits per heavy atom. The molecule has 22 heavy (non-hydrogen) atoms. The second kappa shape index (κ2) is 7.79. The lowest BCUT2D eigenvalue weighted by atomic mass is 10.2. The van der Waals surface area contributed by atoms with E-state index in [0.29, 0.717) is 17.9 Å². The lowest BCUT2D eigenvalue weighted by molar-refractivity contribution is 0.584. The highest BCUT2D eigenvalue weighted by atomic mass is 79.9. The van der Waals surface area contributed by atoms with Gasteiger partial charge in [0.05, 0.1) is 16.5 Å². The largest absolute Gasteiger partial charge is 0.240 e. The molecule has 0 fully saturated rings. The van der Waals surface area contributed by atoms with Crippen LogP contribution in [0.3, 0.4) is 0 Å². The molecule has 0 spiro atoms. The molecular weight excluding hydrogens is 384 g/mol. The fourth-order valence-electron chi connectivity index (χ4n) is 1.69. The van der Waals surface area contributed by atoms with Crippen LogP contribution in [0.1, 0.15) is 5.56 Å². The standard InChI is InChI=1S/C15H13BrN2O2S2/c16-13-4-6-14(7-5-13)21-9-8-18-22(19,20)15-3-1-2-12(10-15)11-17/h1-7,10,18H,8-9H2. The third kappa shape index (κ3) is 4.85. The van der Waals surface area contributed by atoms with Gasteiger partial charge in [-0.25, -0.2) is 13.1 Å². The summed E-state index contributed by atoms with van der Waals surface area (Å²) in [5.41, 5.74) is 0.326. The Morgan fingerprint density at radius 3 is 2.59 bits per heavy atom. The van der Waals surface area contributed by atoms with Gasteiger partial charge >= 0.3 is 0 Å². The zero-order valence-electron chi connectivity index (χ0n) is 11.5. The molecule has 0 aliphatic rings. The Bertz CT molecular complexity index is 784. The minimum Gasteiger partial charge on any atom is -0.210 e. The zero-order chi connectivity index (χ0) is 16.0. The summed E-state index contributed by atoms with van der Waals surface area (Å²) in [6.07, 6.45) is 0. The van der Waals surface area contributed by atoms with Crippen LogP contribution in [0.2, 0.25) is 0 Å². The number of halogens is 1. The van der Waals surface area contributed by atoms with Crippen LogP contribution in [0, 0.1) is 11.3 Å². The van der Waals surface area contributed by atoms with Crippen molar-refractivity contribution in [1.82, 2.24) is 4.72 Å². The molecule has 0 atom stereocenters. The summed E-state index contributed by atoms with van der Waals surface area (Å²) in [4.78, 5) is 1.19. The van der Waals surface area contributed by atoms with Crippen molar-refractivity contribution in [1.29, 1.82) is 5.26 Å². The van der Waals surface area contributed by atoms with Crippen LogP contribution < -0.4 is 4.72 Å². The van der Waals surface area contributed by atoms with Crippen molar-refractivity contribution in [2.24, 2.45) is 0 Å². The molecule has 2 aromatic rings. The number of nitrogens with one attached hydrogen (secondary N) is 1. The topological polar surface area (TPSA) is 70.0 Å². The number of thioether (sulfide) groups is 1. The molecule has 0 radical (unpaired) electrons. The summed E-state index contributed by atoms with van der Waals surface area (Å²) in [5, 5.41) is 8.82. The van der Waals surface area contributed by atoms with E-state index in [0.717, 1.165) is 9.37 Å². The normalized spacial score (nSPS) is 11.1. The molecule has 2 aromatic carbocycles. The minimum atomic E-state index is -3.58. The predicted octanol–water partition coefficient (Wildman–Crippen LogP) is 3.39. The molecule has 0 unspecified atom stereocenters. The van der Waals surface area contributed by atoms with Crippen molar-refractivity contribution in [2.45, 2.75) is 9.79 Å². The van der Waals surface area contributed by atoms with E-state index in [1.165, 1.54) is 12.1 Å². The molecule has 0 bridgehead atoms. The molecule has 0 heterocycles. The van der Waals surface area contributed by atoms with Crippen molar-refractivity contribution >= 4 is 37.7 Å². The quantitative estimate of drug-likeness (QED) is 0.599. The van der Waals surface area contributed by atoms with E-state index >= 15 is 0 Å². The van der Waals surface area contributed by atoms with E-state index in [1.807, 2.05) is 30.3 Å². The fourth-order valence-corrected chi connectivity index (χ4v) is 3.93. The third-order valence-electron chi connectivity index (χ3n) is 2.75. The molecule has 0 aliphatic heterocycles. The van der Waals surface area contributed by atoms with Gasteiger partial charge in [0.15, 0.2) is 0 Å². The number of hydrogen-bond acceptors (Lipinski definition) is 4. The van der Waals surface area contributed by atoms with Crippen LogP contribution in [0.5, 0.6) is 0 Å².